The number of hydrogen-bond donors (Lipinski definition) is 2. The fourth-order valence-corrected chi connectivity index (χ4v) is 1.50. The molecule has 7 heteroatoms. The van der Waals surface area contributed by atoms with Gasteiger partial charge in [-0.15, -0.1) is 0 Å². The van der Waals surface area contributed by atoms with Gasteiger partial charge in [0, 0.05) is 19.0 Å². The number of rotatable bonds is 5. The van der Waals surface area contributed by atoms with Gasteiger partial charge in [-0.1, -0.05) is 6.92 Å². The van der Waals surface area contributed by atoms with Gasteiger partial charge in [0.05, 0.1) is 0 Å². The molecule has 1 heterocycles. The number of nitrogens with one attached hydrogen (secondary N) is 2. The maximum atomic E-state index is 12.2. The van der Waals surface area contributed by atoms with Crippen LogP contribution in [-0.4, -0.2) is 29.7 Å². The highest BCUT2D eigenvalue weighted by Crippen LogP contribution is 2.22. The van der Waals surface area contributed by atoms with E-state index >= 15 is 0 Å². The van der Waals surface area contributed by atoms with Crippen LogP contribution in [0, 0.1) is 6.92 Å². The quantitative estimate of drug-likeness (QED) is 0.856. The summed E-state index contributed by atoms with van der Waals surface area (Å²) in [7, 11) is 1.68. The minimum atomic E-state index is -4.26. The lowest BCUT2D eigenvalue weighted by Gasteiger charge is -2.14. The highest BCUT2D eigenvalue weighted by atomic mass is 19.4. The van der Waals surface area contributed by atoms with Gasteiger partial charge < -0.3 is 10.6 Å². The van der Waals surface area contributed by atoms with Crippen LogP contribution < -0.4 is 10.6 Å². The van der Waals surface area contributed by atoms with E-state index in [1.807, 2.05) is 6.92 Å². The van der Waals surface area contributed by atoms with E-state index in [-0.39, 0.29) is 5.82 Å². The fourth-order valence-electron chi connectivity index (χ4n) is 1.50. The zero-order chi connectivity index (χ0) is 13.8. The average Bonchev–Trinajstić information content (AvgIpc) is 2.28. The molecule has 0 saturated heterocycles. The number of aryl methyl sites for hydroxylation is 1. The molecule has 0 amide bonds. The first kappa shape index (κ1) is 14.5. The summed E-state index contributed by atoms with van der Waals surface area (Å²) in [6, 6.07) is 0. The van der Waals surface area contributed by atoms with Crippen LogP contribution in [0.1, 0.15) is 24.7 Å². The summed E-state index contributed by atoms with van der Waals surface area (Å²) in [4.78, 5) is 8.35. The number of alkyl halides is 3. The van der Waals surface area contributed by atoms with E-state index in [9.17, 15) is 13.2 Å². The van der Waals surface area contributed by atoms with E-state index < -0.39 is 12.7 Å². The highest BCUT2D eigenvalue weighted by Gasteiger charge is 2.27. The van der Waals surface area contributed by atoms with Crippen LogP contribution in [0.3, 0.4) is 0 Å². The molecule has 1 aromatic heterocycles. The Morgan fingerprint density at radius 3 is 2.28 bits per heavy atom. The second kappa shape index (κ2) is 5.88. The average molecular weight is 262 g/mol. The predicted octanol–water partition coefficient (Wildman–Crippen LogP) is 2.75. The van der Waals surface area contributed by atoms with Crippen LogP contribution in [0.2, 0.25) is 0 Å². The number of anilines is 2. The van der Waals surface area contributed by atoms with E-state index in [2.05, 4.69) is 20.6 Å². The maximum absolute atomic E-state index is 12.2. The number of aromatic nitrogens is 2. The van der Waals surface area contributed by atoms with Gasteiger partial charge in [-0.25, -0.2) is 9.97 Å². The van der Waals surface area contributed by atoms with E-state index in [1.165, 1.54) is 0 Å². The molecular weight excluding hydrogens is 245 g/mol. The Morgan fingerprint density at radius 1 is 1.17 bits per heavy atom. The summed E-state index contributed by atoms with van der Waals surface area (Å²) in [6.45, 7) is 2.55. The summed E-state index contributed by atoms with van der Waals surface area (Å²) in [5.74, 6) is 1.32. The highest BCUT2D eigenvalue weighted by molar-refractivity contribution is 5.57. The Bertz CT molecular complexity index is 404. The van der Waals surface area contributed by atoms with Crippen LogP contribution in [0.5, 0.6) is 0 Å². The van der Waals surface area contributed by atoms with Crippen LogP contribution >= 0.6 is 0 Å². The first-order valence-corrected chi connectivity index (χ1v) is 5.73. The van der Waals surface area contributed by atoms with Crippen molar-refractivity contribution in [1.82, 2.24) is 9.97 Å². The lowest BCUT2D eigenvalue weighted by atomic mass is 10.2. The standard InChI is InChI=1S/C11H17F3N4/c1-4-5-8-17-9(15-3)7(2)10(18-8)16-6-11(12,13)14/h4-6H2,1-3H3,(H2,15,16,17,18). The fraction of sp³-hybridized carbons (Fsp3) is 0.636. The van der Waals surface area contributed by atoms with Crippen molar-refractivity contribution < 1.29 is 13.2 Å². The topological polar surface area (TPSA) is 49.8 Å². The predicted molar refractivity (Wildman–Crippen MR) is 64.9 cm³/mol. The SMILES string of the molecule is CCCc1nc(NC)c(C)c(NCC(F)(F)F)n1. The summed E-state index contributed by atoms with van der Waals surface area (Å²) < 4.78 is 36.5. The molecule has 0 radical (unpaired) electrons. The van der Waals surface area contributed by atoms with Gasteiger partial charge in [-0.05, 0) is 13.3 Å². The second-order valence-corrected chi connectivity index (χ2v) is 3.93. The van der Waals surface area contributed by atoms with Crippen LogP contribution in [0.4, 0.5) is 24.8 Å². The molecule has 0 aliphatic carbocycles. The van der Waals surface area contributed by atoms with E-state index in [4.69, 9.17) is 0 Å². The zero-order valence-corrected chi connectivity index (χ0v) is 10.6. The third kappa shape index (κ3) is 4.05. The van der Waals surface area contributed by atoms with Crippen molar-refractivity contribution in [2.75, 3.05) is 24.2 Å². The molecule has 0 aliphatic heterocycles. The third-order valence-electron chi connectivity index (χ3n) is 2.36. The second-order valence-electron chi connectivity index (χ2n) is 3.93. The normalized spacial score (nSPS) is 11.4. The molecule has 2 N–H and O–H groups in total. The first-order chi connectivity index (χ1) is 8.37. The molecule has 0 aliphatic rings. The van der Waals surface area contributed by atoms with Crippen molar-refractivity contribution in [3.05, 3.63) is 11.4 Å². The minimum absolute atomic E-state index is 0.232. The zero-order valence-electron chi connectivity index (χ0n) is 10.6. The third-order valence-corrected chi connectivity index (χ3v) is 2.36. The van der Waals surface area contributed by atoms with E-state index in [1.54, 1.807) is 14.0 Å². The van der Waals surface area contributed by atoms with Crippen LogP contribution in [-0.2, 0) is 6.42 Å². The molecule has 1 rings (SSSR count). The Morgan fingerprint density at radius 2 is 1.78 bits per heavy atom. The van der Waals surface area contributed by atoms with Crippen LogP contribution in [0.25, 0.3) is 0 Å². The Labute approximate surface area is 104 Å². The van der Waals surface area contributed by atoms with Crippen molar-refractivity contribution in [2.24, 2.45) is 0 Å². The first-order valence-electron chi connectivity index (χ1n) is 5.73. The molecule has 0 fully saturated rings. The van der Waals surface area contributed by atoms with Gasteiger partial charge in [-0.2, -0.15) is 13.2 Å². The van der Waals surface area contributed by atoms with Crippen molar-refractivity contribution >= 4 is 11.6 Å². The van der Waals surface area contributed by atoms with E-state index in [0.717, 1.165) is 6.42 Å². The van der Waals surface area contributed by atoms with Gasteiger partial charge in [0.2, 0.25) is 0 Å². The monoisotopic (exact) mass is 262 g/mol. The molecule has 0 spiro atoms. The minimum Gasteiger partial charge on any atom is -0.373 e. The molecule has 0 atom stereocenters. The van der Waals surface area contributed by atoms with Gasteiger partial charge >= 0.3 is 6.18 Å². The van der Waals surface area contributed by atoms with Gasteiger partial charge in [0.25, 0.3) is 0 Å². The number of hydrogen-bond acceptors (Lipinski definition) is 4. The lowest BCUT2D eigenvalue weighted by Crippen LogP contribution is -2.23. The molecule has 18 heavy (non-hydrogen) atoms. The molecule has 102 valence electrons. The molecule has 4 nitrogen and oxygen atoms in total. The van der Waals surface area contributed by atoms with Gasteiger partial charge in [0.1, 0.15) is 24.0 Å². The smallest absolute Gasteiger partial charge is 0.373 e. The molecule has 0 aromatic carbocycles. The Kier molecular flexibility index (Phi) is 4.75. The summed E-state index contributed by atoms with van der Waals surface area (Å²) in [6.07, 6.45) is -2.79. The van der Waals surface area contributed by atoms with Crippen molar-refractivity contribution in [3.63, 3.8) is 0 Å². The summed E-state index contributed by atoms with van der Waals surface area (Å²) in [5.41, 5.74) is 0.585. The van der Waals surface area contributed by atoms with Crippen molar-refractivity contribution in [3.8, 4) is 0 Å². The largest absolute Gasteiger partial charge is 0.405 e. The molecule has 1 aromatic rings. The van der Waals surface area contributed by atoms with Crippen molar-refractivity contribution in [1.29, 1.82) is 0 Å². The van der Waals surface area contributed by atoms with Gasteiger partial charge in [-0.3, -0.25) is 0 Å². The molecular formula is C11H17F3N4. The maximum Gasteiger partial charge on any atom is 0.405 e. The molecule has 0 saturated carbocycles. The Hall–Kier alpha value is -1.53. The van der Waals surface area contributed by atoms with Gasteiger partial charge in [0.15, 0.2) is 0 Å². The Balaban J connectivity index is 2.97. The van der Waals surface area contributed by atoms with Crippen molar-refractivity contribution in [2.45, 2.75) is 32.9 Å². The number of nitrogens with zero attached hydrogens (tertiary/aromatic N) is 2. The molecule has 0 bridgehead atoms. The lowest BCUT2D eigenvalue weighted by molar-refractivity contribution is -0.115. The summed E-state index contributed by atoms with van der Waals surface area (Å²) in [5, 5.41) is 5.17. The summed E-state index contributed by atoms with van der Waals surface area (Å²) >= 11 is 0. The molecule has 0 unspecified atom stereocenters. The van der Waals surface area contributed by atoms with Crippen LogP contribution in [0.15, 0.2) is 0 Å². The number of halogens is 3. The van der Waals surface area contributed by atoms with E-state index in [0.29, 0.717) is 23.6 Å².